The van der Waals surface area contributed by atoms with E-state index in [1.807, 2.05) is 42.5 Å². The Bertz CT molecular complexity index is 755. The molecule has 1 saturated heterocycles. The molecule has 0 saturated carbocycles. The minimum absolute atomic E-state index is 0.322. The Morgan fingerprint density at radius 1 is 0.923 bits per heavy atom. The van der Waals surface area contributed by atoms with E-state index in [-0.39, 0.29) is 0 Å². The first kappa shape index (κ1) is 17.9. The van der Waals surface area contributed by atoms with Gasteiger partial charge in [0.25, 0.3) is 0 Å². The fourth-order valence-corrected chi connectivity index (χ4v) is 3.07. The number of nitrogens with one attached hydrogen (secondary N) is 1. The predicted molar refractivity (Wildman–Crippen MR) is 101 cm³/mol. The molecule has 2 amide bonds. The van der Waals surface area contributed by atoms with E-state index in [0.29, 0.717) is 26.2 Å². The molecule has 136 valence electrons. The zero-order chi connectivity index (χ0) is 18.4. The van der Waals surface area contributed by atoms with Crippen molar-refractivity contribution < 1.29 is 9.59 Å². The zero-order valence-corrected chi connectivity index (χ0v) is 14.7. The zero-order valence-electron chi connectivity index (χ0n) is 14.7. The van der Waals surface area contributed by atoms with Gasteiger partial charge < -0.3 is 20.9 Å². The van der Waals surface area contributed by atoms with E-state index in [4.69, 9.17) is 5.73 Å². The van der Waals surface area contributed by atoms with Gasteiger partial charge in [0.1, 0.15) is 0 Å². The van der Waals surface area contributed by atoms with E-state index in [1.54, 1.807) is 4.90 Å². The first-order valence-corrected chi connectivity index (χ1v) is 8.82. The highest BCUT2D eigenvalue weighted by atomic mass is 16.2. The predicted octanol–water partition coefficient (Wildman–Crippen LogP) is 1.11. The Labute approximate surface area is 153 Å². The van der Waals surface area contributed by atoms with E-state index >= 15 is 0 Å². The molecule has 1 aliphatic rings. The van der Waals surface area contributed by atoms with Gasteiger partial charge in [-0.1, -0.05) is 42.5 Å². The van der Waals surface area contributed by atoms with E-state index < -0.39 is 11.8 Å². The van der Waals surface area contributed by atoms with Gasteiger partial charge in [-0.05, 0) is 23.3 Å². The van der Waals surface area contributed by atoms with Crippen molar-refractivity contribution in [1.29, 1.82) is 0 Å². The van der Waals surface area contributed by atoms with Gasteiger partial charge in [0.15, 0.2) is 0 Å². The number of anilines is 1. The number of piperazine rings is 1. The Balaban J connectivity index is 1.49. The highest BCUT2D eigenvalue weighted by molar-refractivity contribution is 6.35. The lowest BCUT2D eigenvalue weighted by Gasteiger charge is -2.35. The van der Waals surface area contributed by atoms with Gasteiger partial charge in [0.05, 0.1) is 0 Å². The van der Waals surface area contributed by atoms with Crippen molar-refractivity contribution in [3.8, 4) is 0 Å². The average Bonchev–Trinajstić information content (AvgIpc) is 2.72. The molecular weight excluding hydrogens is 328 g/mol. The Kier molecular flexibility index (Phi) is 5.86. The topological polar surface area (TPSA) is 78.7 Å². The summed E-state index contributed by atoms with van der Waals surface area (Å²) in [6.07, 6.45) is 0. The quantitative estimate of drug-likeness (QED) is 0.808. The van der Waals surface area contributed by atoms with Crippen LogP contribution in [0.5, 0.6) is 0 Å². The molecule has 3 N–H and O–H groups in total. The molecule has 0 radical (unpaired) electrons. The minimum atomic E-state index is -0.559. The summed E-state index contributed by atoms with van der Waals surface area (Å²) in [5.41, 5.74) is 8.70. The maximum absolute atomic E-state index is 12.4. The van der Waals surface area contributed by atoms with E-state index in [0.717, 1.165) is 29.9 Å². The summed E-state index contributed by atoms with van der Waals surface area (Å²) in [4.78, 5) is 28.4. The number of nitrogens with zero attached hydrogens (tertiary/aromatic N) is 2. The second-order valence-electron chi connectivity index (χ2n) is 6.32. The van der Waals surface area contributed by atoms with Gasteiger partial charge in [-0.3, -0.25) is 9.59 Å². The number of carbonyl (C=O) groups is 2. The fourth-order valence-electron chi connectivity index (χ4n) is 3.07. The van der Waals surface area contributed by atoms with Crippen molar-refractivity contribution >= 4 is 17.5 Å². The highest BCUT2D eigenvalue weighted by Gasteiger charge is 2.25. The summed E-state index contributed by atoms with van der Waals surface area (Å²) in [7, 11) is 0. The van der Waals surface area contributed by atoms with Gasteiger partial charge >= 0.3 is 11.8 Å². The number of hydrogen-bond donors (Lipinski definition) is 2. The fraction of sp³-hybridized carbons (Fsp3) is 0.300. The second-order valence-corrected chi connectivity index (χ2v) is 6.32. The van der Waals surface area contributed by atoms with Crippen LogP contribution in [0.2, 0.25) is 0 Å². The monoisotopic (exact) mass is 352 g/mol. The third-order valence-electron chi connectivity index (χ3n) is 4.56. The number of benzene rings is 2. The summed E-state index contributed by atoms with van der Waals surface area (Å²) in [5.74, 6) is -1.02. The van der Waals surface area contributed by atoms with Crippen LogP contribution in [0.3, 0.4) is 0 Å². The molecule has 1 aliphatic heterocycles. The van der Waals surface area contributed by atoms with Gasteiger partial charge in [-0.15, -0.1) is 0 Å². The van der Waals surface area contributed by atoms with Crippen LogP contribution < -0.4 is 16.0 Å². The van der Waals surface area contributed by atoms with Crippen LogP contribution in [0, 0.1) is 0 Å². The summed E-state index contributed by atoms with van der Waals surface area (Å²) in [5, 5.41) is 2.71. The summed E-state index contributed by atoms with van der Waals surface area (Å²) in [6, 6.07) is 17.8. The molecule has 2 aromatic carbocycles. The number of amides is 2. The molecule has 1 heterocycles. The summed E-state index contributed by atoms with van der Waals surface area (Å²) < 4.78 is 0. The highest BCUT2D eigenvalue weighted by Crippen LogP contribution is 2.15. The van der Waals surface area contributed by atoms with Crippen molar-refractivity contribution in [2.75, 3.05) is 31.1 Å². The first-order valence-electron chi connectivity index (χ1n) is 8.82. The normalized spacial score (nSPS) is 14.2. The van der Waals surface area contributed by atoms with Crippen LogP contribution in [0.15, 0.2) is 54.6 Å². The second kappa shape index (κ2) is 8.49. The van der Waals surface area contributed by atoms with Gasteiger partial charge in [0.2, 0.25) is 0 Å². The number of carbonyl (C=O) groups excluding carboxylic acids is 2. The molecule has 0 spiro atoms. The molecule has 0 unspecified atom stereocenters. The molecular formula is C20H24N4O2. The van der Waals surface area contributed by atoms with Crippen molar-refractivity contribution in [2.24, 2.45) is 5.73 Å². The van der Waals surface area contributed by atoms with Crippen LogP contribution in [-0.4, -0.2) is 42.9 Å². The molecule has 0 bridgehead atoms. The smallest absolute Gasteiger partial charge is 0.312 e. The Morgan fingerprint density at radius 2 is 1.62 bits per heavy atom. The SMILES string of the molecule is NCc1cccc(CNC(=O)C(=O)N2CCN(c3ccccc3)CC2)c1. The van der Waals surface area contributed by atoms with Crippen LogP contribution in [0.25, 0.3) is 0 Å². The van der Waals surface area contributed by atoms with Crippen LogP contribution in [-0.2, 0) is 22.7 Å². The molecule has 2 aromatic rings. The molecule has 3 rings (SSSR count). The molecule has 6 nitrogen and oxygen atoms in total. The molecule has 0 aromatic heterocycles. The Morgan fingerprint density at radius 3 is 2.31 bits per heavy atom. The molecule has 1 fully saturated rings. The van der Waals surface area contributed by atoms with Gasteiger partial charge in [-0.25, -0.2) is 0 Å². The molecule has 0 aliphatic carbocycles. The van der Waals surface area contributed by atoms with Gasteiger partial charge in [-0.2, -0.15) is 0 Å². The van der Waals surface area contributed by atoms with Gasteiger partial charge in [0, 0.05) is 45.0 Å². The molecule has 0 atom stereocenters. The largest absolute Gasteiger partial charge is 0.368 e. The maximum atomic E-state index is 12.4. The van der Waals surface area contributed by atoms with Crippen LogP contribution >= 0.6 is 0 Å². The van der Waals surface area contributed by atoms with Crippen LogP contribution in [0.1, 0.15) is 11.1 Å². The lowest BCUT2D eigenvalue weighted by atomic mass is 10.1. The number of rotatable bonds is 4. The van der Waals surface area contributed by atoms with Crippen molar-refractivity contribution in [2.45, 2.75) is 13.1 Å². The minimum Gasteiger partial charge on any atom is -0.368 e. The van der Waals surface area contributed by atoms with Crippen molar-refractivity contribution in [1.82, 2.24) is 10.2 Å². The van der Waals surface area contributed by atoms with Crippen molar-refractivity contribution in [3.05, 3.63) is 65.7 Å². The van der Waals surface area contributed by atoms with E-state index in [2.05, 4.69) is 22.3 Å². The average molecular weight is 352 g/mol. The number of para-hydroxylation sites is 1. The summed E-state index contributed by atoms with van der Waals surface area (Å²) in [6.45, 7) is 3.31. The van der Waals surface area contributed by atoms with Crippen molar-refractivity contribution in [3.63, 3.8) is 0 Å². The molecule has 6 heteroatoms. The van der Waals surface area contributed by atoms with E-state index in [9.17, 15) is 9.59 Å². The Hall–Kier alpha value is -2.86. The first-order chi connectivity index (χ1) is 12.7. The lowest BCUT2D eigenvalue weighted by Crippen LogP contribution is -2.52. The number of nitrogens with two attached hydrogens (primary N) is 1. The standard InChI is InChI=1S/C20H24N4O2/c21-14-16-5-4-6-17(13-16)15-22-19(25)20(26)24-11-9-23(10-12-24)18-7-2-1-3-8-18/h1-8,13H,9-12,14-15,21H2,(H,22,25). The summed E-state index contributed by atoms with van der Waals surface area (Å²) >= 11 is 0. The third-order valence-corrected chi connectivity index (χ3v) is 4.56. The maximum Gasteiger partial charge on any atom is 0.312 e. The lowest BCUT2D eigenvalue weighted by molar-refractivity contribution is -0.146. The number of hydrogen-bond acceptors (Lipinski definition) is 4. The van der Waals surface area contributed by atoms with E-state index in [1.165, 1.54) is 0 Å². The van der Waals surface area contributed by atoms with Crippen LogP contribution in [0.4, 0.5) is 5.69 Å². The molecule has 26 heavy (non-hydrogen) atoms. The third kappa shape index (κ3) is 4.40.